The molecular weight excluding hydrogens is 288 g/mol. The number of nitrogens with one attached hydrogen (secondary N) is 1. The fourth-order valence-electron chi connectivity index (χ4n) is 3.36. The Morgan fingerprint density at radius 3 is 2.19 bits per heavy atom. The van der Waals surface area contributed by atoms with E-state index in [1.54, 1.807) is 4.31 Å². The lowest BCUT2D eigenvalue weighted by Crippen LogP contribution is -2.49. The van der Waals surface area contributed by atoms with E-state index in [0.29, 0.717) is 25.7 Å². The highest BCUT2D eigenvalue weighted by atomic mass is 32.2. The van der Waals surface area contributed by atoms with Crippen molar-refractivity contribution in [1.29, 1.82) is 0 Å². The molecular formula is C15H30N2O3S. The zero-order valence-corrected chi connectivity index (χ0v) is 14.2. The van der Waals surface area contributed by atoms with Crippen LogP contribution in [0.5, 0.6) is 0 Å². The first-order valence-corrected chi connectivity index (χ1v) is 9.95. The second-order valence-corrected chi connectivity index (χ2v) is 8.62. The van der Waals surface area contributed by atoms with Crippen LogP contribution in [-0.2, 0) is 14.8 Å². The first-order valence-electron chi connectivity index (χ1n) is 8.34. The average Bonchev–Trinajstić information content (AvgIpc) is 2.66. The molecule has 2 aliphatic rings. The van der Waals surface area contributed by atoms with E-state index >= 15 is 0 Å². The summed E-state index contributed by atoms with van der Waals surface area (Å²) in [6, 6.07) is 0.505. The van der Waals surface area contributed by atoms with E-state index in [1.807, 2.05) is 13.8 Å². The number of hydrogen-bond acceptors (Lipinski definition) is 4. The molecule has 0 bridgehead atoms. The molecule has 2 rings (SSSR count). The van der Waals surface area contributed by atoms with Crippen molar-refractivity contribution in [3.8, 4) is 0 Å². The van der Waals surface area contributed by atoms with Crippen molar-refractivity contribution in [3.63, 3.8) is 0 Å². The van der Waals surface area contributed by atoms with E-state index in [9.17, 15) is 8.42 Å². The zero-order valence-electron chi connectivity index (χ0n) is 13.4. The molecule has 2 unspecified atom stereocenters. The van der Waals surface area contributed by atoms with Crippen LogP contribution in [0.2, 0.25) is 0 Å². The Balaban J connectivity index is 1.77. The first-order chi connectivity index (χ1) is 9.97. The highest BCUT2D eigenvalue weighted by Gasteiger charge is 2.30. The number of morpholine rings is 1. The lowest BCUT2D eigenvalue weighted by Gasteiger charge is -2.34. The molecule has 1 saturated heterocycles. The summed E-state index contributed by atoms with van der Waals surface area (Å²) < 4.78 is 32.0. The van der Waals surface area contributed by atoms with Crippen molar-refractivity contribution in [1.82, 2.24) is 9.62 Å². The summed E-state index contributed by atoms with van der Waals surface area (Å²) in [4.78, 5) is 0. The Kier molecular flexibility index (Phi) is 6.47. The topological polar surface area (TPSA) is 58.6 Å². The van der Waals surface area contributed by atoms with E-state index in [1.165, 1.54) is 38.5 Å². The van der Waals surface area contributed by atoms with Crippen LogP contribution in [0, 0.1) is 0 Å². The van der Waals surface area contributed by atoms with Crippen LogP contribution in [0.4, 0.5) is 0 Å². The van der Waals surface area contributed by atoms with Crippen LogP contribution < -0.4 is 5.32 Å². The largest absolute Gasteiger partial charge is 0.373 e. The summed E-state index contributed by atoms with van der Waals surface area (Å²) in [6.07, 6.45) is 7.51. The molecule has 0 aromatic heterocycles. The predicted octanol–water partition coefficient (Wildman–Crippen LogP) is 1.74. The van der Waals surface area contributed by atoms with Gasteiger partial charge in [-0.05, 0) is 26.7 Å². The second-order valence-electron chi connectivity index (χ2n) is 6.53. The SMILES string of the molecule is CC1CN(S(=O)(=O)CCNC2CCCCCC2)CC(C)O1. The second kappa shape index (κ2) is 7.90. The van der Waals surface area contributed by atoms with Gasteiger partial charge >= 0.3 is 0 Å². The van der Waals surface area contributed by atoms with Crippen LogP contribution in [0.25, 0.3) is 0 Å². The molecule has 2 fully saturated rings. The summed E-state index contributed by atoms with van der Waals surface area (Å²) in [6.45, 7) is 5.39. The summed E-state index contributed by atoms with van der Waals surface area (Å²) in [5.74, 6) is 0.197. The normalized spacial score (nSPS) is 30.2. The number of sulfonamides is 1. The molecule has 1 heterocycles. The maximum atomic E-state index is 12.4. The zero-order chi connectivity index (χ0) is 15.3. The molecule has 1 aliphatic heterocycles. The Bertz CT molecular complexity index is 395. The highest BCUT2D eigenvalue weighted by molar-refractivity contribution is 7.89. The van der Waals surface area contributed by atoms with Gasteiger partial charge in [0.05, 0.1) is 18.0 Å². The molecule has 6 heteroatoms. The fraction of sp³-hybridized carbons (Fsp3) is 1.00. The van der Waals surface area contributed by atoms with Crippen molar-refractivity contribution in [3.05, 3.63) is 0 Å². The number of nitrogens with zero attached hydrogens (tertiary/aromatic N) is 1. The van der Waals surface area contributed by atoms with Gasteiger partial charge in [0.25, 0.3) is 0 Å². The van der Waals surface area contributed by atoms with Gasteiger partial charge in [-0.1, -0.05) is 25.7 Å². The van der Waals surface area contributed by atoms with E-state index in [-0.39, 0.29) is 18.0 Å². The van der Waals surface area contributed by atoms with Gasteiger partial charge in [-0.25, -0.2) is 8.42 Å². The number of hydrogen-bond donors (Lipinski definition) is 1. The third-order valence-electron chi connectivity index (χ3n) is 4.43. The summed E-state index contributed by atoms with van der Waals surface area (Å²) in [5, 5.41) is 3.44. The Hall–Kier alpha value is -0.170. The standard InChI is InChI=1S/C15H30N2O3S/c1-13-11-17(12-14(2)20-13)21(18,19)10-9-16-15-7-5-3-4-6-8-15/h13-16H,3-12H2,1-2H3. The maximum absolute atomic E-state index is 12.4. The monoisotopic (exact) mass is 318 g/mol. The quantitative estimate of drug-likeness (QED) is 0.785. The van der Waals surface area contributed by atoms with Crippen molar-refractivity contribution < 1.29 is 13.2 Å². The van der Waals surface area contributed by atoms with E-state index in [0.717, 1.165) is 0 Å². The molecule has 0 spiro atoms. The molecule has 1 N–H and O–H groups in total. The number of ether oxygens (including phenoxy) is 1. The first kappa shape index (κ1) is 17.2. The molecule has 1 aliphatic carbocycles. The molecule has 0 aromatic carbocycles. The lowest BCUT2D eigenvalue weighted by atomic mass is 10.1. The van der Waals surface area contributed by atoms with Crippen LogP contribution >= 0.6 is 0 Å². The predicted molar refractivity (Wildman–Crippen MR) is 84.9 cm³/mol. The van der Waals surface area contributed by atoms with Gasteiger partial charge in [0, 0.05) is 25.7 Å². The third kappa shape index (κ3) is 5.51. The van der Waals surface area contributed by atoms with Crippen molar-refractivity contribution in [2.75, 3.05) is 25.4 Å². The molecule has 124 valence electrons. The minimum Gasteiger partial charge on any atom is -0.373 e. The van der Waals surface area contributed by atoms with Crippen LogP contribution in [0.3, 0.4) is 0 Å². The van der Waals surface area contributed by atoms with Gasteiger partial charge in [-0.3, -0.25) is 0 Å². The summed E-state index contributed by atoms with van der Waals surface area (Å²) in [5.41, 5.74) is 0. The smallest absolute Gasteiger partial charge is 0.215 e. The van der Waals surface area contributed by atoms with Gasteiger partial charge in [-0.2, -0.15) is 4.31 Å². The van der Waals surface area contributed by atoms with Crippen LogP contribution in [0.1, 0.15) is 52.4 Å². The molecule has 1 saturated carbocycles. The molecule has 5 nitrogen and oxygen atoms in total. The summed E-state index contributed by atoms with van der Waals surface area (Å²) >= 11 is 0. The molecule has 2 atom stereocenters. The third-order valence-corrected chi connectivity index (χ3v) is 6.23. The van der Waals surface area contributed by atoms with Crippen molar-refractivity contribution in [2.45, 2.75) is 70.6 Å². The molecule has 0 amide bonds. The summed E-state index contributed by atoms with van der Waals surface area (Å²) in [7, 11) is -3.17. The van der Waals surface area contributed by atoms with Crippen LogP contribution in [-0.4, -0.2) is 56.4 Å². The highest BCUT2D eigenvalue weighted by Crippen LogP contribution is 2.17. The van der Waals surface area contributed by atoms with Crippen molar-refractivity contribution >= 4 is 10.0 Å². The molecule has 0 aromatic rings. The Labute approximate surface area is 129 Å². The Morgan fingerprint density at radius 1 is 1.05 bits per heavy atom. The Morgan fingerprint density at radius 2 is 1.62 bits per heavy atom. The average molecular weight is 318 g/mol. The van der Waals surface area contributed by atoms with E-state index in [2.05, 4.69) is 5.32 Å². The number of rotatable bonds is 5. The van der Waals surface area contributed by atoms with Crippen molar-refractivity contribution in [2.24, 2.45) is 0 Å². The van der Waals surface area contributed by atoms with Gasteiger partial charge in [0.2, 0.25) is 10.0 Å². The lowest BCUT2D eigenvalue weighted by molar-refractivity contribution is -0.0440. The fourth-order valence-corrected chi connectivity index (χ4v) is 4.87. The van der Waals surface area contributed by atoms with Gasteiger partial charge in [-0.15, -0.1) is 0 Å². The minimum atomic E-state index is -3.17. The van der Waals surface area contributed by atoms with Crippen LogP contribution in [0.15, 0.2) is 0 Å². The molecule has 21 heavy (non-hydrogen) atoms. The van der Waals surface area contributed by atoms with Gasteiger partial charge < -0.3 is 10.1 Å². The van der Waals surface area contributed by atoms with E-state index < -0.39 is 10.0 Å². The molecule has 0 radical (unpaired) electrons. The van der Waals surface area contributed by atoms with Gasteiger partial charge in [0.1, 0.15) is 0 Å². The maximum Gasteiger partial charge on any atom is 0.215 e. The van der Waals surface area contributed by atoms with Gasteiger partial charge in [0.15, 0.2) is 0 Å². The van der Waals surface area contributed by atoms with E-state index in [4.69, 9.17) is 4.74 Å². The minimum absolute atomic E-state index is 0.0154.